The minimum absolute atomic E-state index is 0.244. The fourth-order valence-electron chi connectivity index (χ4n) is 2.98. The van der Waals surface area contributed by atoms with Crippen molar-refractivity contribution in [2.75, 3.05) is 5.32 Å². The van der Waals surface area contributed by atoms with Crippen molar-refractivity contribution in [1.29, 1.82) is 0 Å². The molecule has 1 amide bonds. The Balaban J connectivity index is 1.42. The molecule has 2 heterocycles. The van der Waals surface area contributed by atoms with E-state index in [1.165, 1.54) is 18.2 Å². The van der Waals surface area contributed by atoms with Gasteiger partial charge in [-0.2, -0.15) is 5.10 Å². The molecule has 0 radical (unpaired) electrons. The number of carbonyl (C=O) groups excluding carboxylic acids is 1. The molecule has 0 fully saturated rings. The summed E-state index contributed by atoms with van der Waals surface area (Å²) in [6.07, 6.45) is 0. The Morgan fingerprint density at radius 3 is 2.39 bits per heavy atom. The van der Waals surface area contributed by atoms with Crippen molar-refractivity contribution in [2.45, 2.75) is 20.8 Å². The summed E-state index contributed by atoms with van der Waals surface area (Å²) >= 11 is 0. The lowest BCUT2D eigenvalue weighted by Crippen LogP contribution is -2.11. The highest BCUT2D eigenvalue weighted by Crippen LogP contribution is 2.22. The van der Waals surface area contributed by atoms with Crippen LogP contribution >= 0.6 is 0 Å². The van der Waals surface area contributed by atoms with E-state index in [0.29, 0.717) is 23.1 Å². The fourth-order valence-corrected chi connectivity index (χ4v) is 2.98. The number of halogens is 1. The van der Waals surface area contributed by atoms with E-state index in [9.17, 15) is 9.18 Å². The predicted octanol–water partition coefficient (Wildman–Crippen LogP) is 4.77. The first-order valence-corrected chi connectivity index (χ1v) is 9.62. The molecule has 0 atom stereocenters. The smallest absolute Gasteiger partial charge is 0.255 e. The third-order valence-electron chi connectivity index (χ3n) is 4.92. The lowest BCUT2D eigenvalue weighted by Gasteiger charge is -2.08. The number of aromatic nitrogens is 4. The third kappa shape index (κ3) is 4.42. The Morgan fingerprint density at radius 2 is 1.77 bits per heavy atom. The Kier molecular flexibility index (Phi) is 5.44. The standard InChI is InChI=1S/C23H20FN5O2/c1-14-15(2)28-29(16(14)3)21-11-12-22(27-26-21)31-20-9-7-19(8-10-20)25-23(30)17-5-4-6-18(24)13-17/h4-13H,1-3H3,(H,25,30). The lowest BCUT2D eigenvalue weighted by molar-refractivity contribution is 0.102. The van der Waals surface area contributed by atoms with Gasteiger partial charge in [-0.3, -0.25) is 4.79 Å². The van der Waals surface area contributed by atoms with Gasteiger partial charge in [0.15, 0.2) is 5.82 Å². The molecule has 31 heavy (non-hydrogen) atoms. The summed E-state index contributed by atoms with van der Waals surface area (Å²) in [6, 6.07) is 15.8. The van der Waals surface area contributed by atoms with Gasteiger partial charge in [-0.15, -0.1) is 10.2 Å². The number of hydrogen-bond acceptors (Lipinski definition) is 5. The summed E-state index contributed by atoms with van der Waals surface area (Å²) in [5, 5.41) is 15.5. The summed E-state index contributed by atoms with van der Waals surface area (Å²) in [4.78, 5) is 12.2. The molecule has 1 N–H and O–H groups in total. The number of aryl methyl sites for hydroxylation is 1. The molecule has 4 aromatic rings. The van der Waals surface area contributed by atoms with E-state index in [1.54, 1.807) is 47.1 Å². The number of amides is 1. The number of nitrogens with zero attached hydrogens (tertiary/aromatic N) is 4. The number of ether oxygens (including phenoxy) is 1. The second-order valence-electron chi connectivity index (χ2n) is 7.03. The number of rotatable bonds is 5. The average molecular weight is 417 g/mol. The molecule has 4 rings (SSSR count). The lowest BCUT2D eigenvalue weighted by atomic mass is 10.2. The number of anilines is 1. The van der Waals surface area contributed by atoms with Crippen molar-refractivity contribution in [3.05, 3.63) is 89.0 Å². The number of hydrogen-bond donors (Lipinski definition) is 1. The van der Waals surface area contributed by atoms with E-state index >= 15 is 0 Å². The molecule has 0 saturated carbocycles. The zero-order valence-electron chi connectivity index (χ0n) is 17.3. The molecule has 156 valence electrons. The van der Waals surface area contributed by atoms with Crippen LogP contribution in [0.3, 0.4) is 0 Å². The number of nitrogens with one attached hydrogen (secondary N) is 1. The monoisotopic (exact) mass is 417 g/mol. The van der Waals surface area contributed by atoms with Gasteiger partial charge in [-0.1, -0.05) is 6.07 Å². The van der Waals surface area contributed by atoms with Crippen molar-refractivity contribution in [3.63, 3.8) is 0 Å². The molecule has 2 aromatic carbocycles. The van der Waals surface area contributed by atoms with Crippen molar-refractivity contribution in [3.8, 4) is 17.4 Å². The van der Waals surface area contributed by atoms with Crippen LogP contribution in [0.4, 0.5) is 10.1 Å². The minimum atomic E-state index is -0.462. The molecule has 8 heteroatoms. The van der Waals surface area contributed by atoms with Gasteiger partial charge in [-0.25, -0.2) is 9.07 Å². The molecular formula is C23H20FN5O2. The molecule has 0 aliphatic rings. The van der Waals surface area contributed by atoms with Crippen molar-refractivity contribution >= 4 is 11.6 Å². The average Bonchev–Trinajstić information content (AvgIpc) is 3.03. The minimum Gasteiger partial charge on any atom is -0.438 e. The first-order valence-electron chi connectivity index (χ1n) is 9.62. The van der Waals surface area contributed by atoms with Crippen LogP contribution < -0.4 is 10.1 Å². The van der Waals surface area contributed by atoms with E-state index < -0.39 is 11.7 Å². The Morgan fingerprint density at radius 1 is 1.00 bits per heavy atom. The Hall–Kier alpha value is -4.07. The van der Waals surface area contributed by atoms with Crippen LogP contribution in [0.5, 0.6) is 11.6 Å². The molecule has 0 aliphatic carbocycles. The maximum Gasteiger partial charge on any atom is 0.255 e. The molecule has 7 nitrogen and oxygen atoms in total. The zero-order valence-corrected chi connectivity index (χ0v) is 17.3. The van der Waals surface area contributed by atoms with Crippen LogP contribution in [0.2, 0.25) is 0 Å². The van der Waals surface area contributed by atoms with E-state index in [-0.39, 0.29) is 5.56 Å². The van der Waals surface area contributed by atoms with Crippen molar-refractivity contribution in [2.24, 2.45) is 0 Å². The summed E-state index contributed by atoms with van der Waals surface area (Å²) in [6.45, 7) is 5.95. The maximum atomic E-state index is 13.3. The SMILES string of the molecule is Cc1nn(-c2ccc(Oc3ccc(NC(=O)c4cccc(F)c4)cc3)nn2)c(C)c1C. The third-order valence-corrected chi connectivity index (χ3v) is 4.92. The molecule has 0 unspecified atom stereocenters. The molecule has 0 spiro atoms. The van der Waals surface area contributed by atoms with E-state index in [4.69, 9.17) is 4.74 Å². The van der Waals surface area contributed by atoms with E-state index in [1.807, 2.05) is 20.8 Å². The van der Waals surface area contributed by atoms with Crippen LogP contribution in [0.1, 0.15) is 27.3 Å². The molecule has 2 aromatic heterocycles. The normalized spacial score (nSPS) is 10.7. The molecular weight excluding hydrogens is 397 g/mol. The van der Waals surface area contributed by atoms with Crippen LogP contribution in [-0.4, -0.2) is 25.9 Å². The first-order chi connectivity index (χ1) is 14.9. The summed E-state index contributed by atoms with van der Waals surface area (Å²) in [5.74, 6) is 0.619. The summed E-state index contributed by atoms with van der Waals surface area (Å²) in [7, 11) is 0. The van der Waals surface area contributed by atoms with Crippen LogP contribution in [0, 0.1) is 26.6 Å². The molecule has 0 bridgehead atoms. The topological polar surface area (TPSA) is 81.9 Å². The highest BCUT2D eigenvalue weighted by atomic mass is 19.1. The van der Waals surface area contributed by atoms with Gasteiger partial charge in [0.2, 0.25) is 5.88 Å². The van der Waals surface area contributed by atoms with Gasteiger partial charge in [0, 0.05) is 23.0 Å². The van der Waals surface area contributed by atoms with Crippen molar-refractivity contribution in [1.82, 2.24) is 20.0 Å². The quantitative estimate of drug-likeness (QED) is 0.506. The van der Waals surface area contributed by atoms with Gasteiger partial charge in [0.1, 0.15) is 11.6 Å². The molecule has 0 aliphatic heterocycles. The maximum absolute atomic E-state index is 13.3. The van der Waals surface area contributed by atoms with E-state index in [2.05, 4.69) is 20.6 Å². The van der Waals surface area contributed by atoms with Gasteiger partial charge in [-0.05, 0) is 74.9 Å². The number of carbonyl (C=O) groups is 1. The van der Waals surface area contributed by atoms with E-state index in [0.717, 1.165) is 17.0 Å². The highest BCUT2D eigenvalue weighted by Gasteiger charge is 2.11. The predicted molar refractivity (Wildman–Crippen MR) is 114 cm³/mol. The molecule has 0 saturated heterocycles. The zero-order chi connectivity index (χ0) is 22.0. The summed E-state index contributed by atoms with van der Waals surface area (Å²) < 4.78 is 20.7. The second kappa shape index (κ2) is 8.35. The second-order valence-corrected chi connectivity index (χ2v) is 7.03. The van der Waals surface area contributed by atoms with Crippen molar-refractivity contribution < 1.29 is 13.9 Å². The van der Waals surface area contributed by atoms with Gasteiger partial charge >= 0.3 is 0 Å². The van der Waals surface area contributed by atoms with Crippen LogP contribution in [0.15, 0.2) is 60.7 Å². The number of benzene rings is 2. The van der Waals surface area contributed by atoms with Gasteiger partial charge in [0.25, 0.3) is 5.91 Å². The van der Waals surface area contributed by atoms with Crippen LogP contribution in [-0.2, 0) is 0 Å². The Labute approximate surface area is 178 Å². The highest BCUT2D eigenvalue weighted by molar-refractivity contribution is 6.04. The fraction of sp³-hybridized carbons (Fsp3) is 0.130. The first kappa shape index (κ1) is 20.2. The largest absolute Gasteiger partial charge is 0.438 e. The summed E-state index contributed by atoms with van der Waals surface area (Å²) in [5.41, 5.74) is 3.88. The van der Waals surface area contributed by atoms with Gasteiger partial charge in [0.05, 0.1) is 5.69 Å². The Bertz CT molecular complexity index is 1230. The van der Waals surface area contributed by atoms with Gasteiger partial charge < -0.3 is 10.1 Å². The van der Waals surface area contributed by atoms with Crippen LogP contribution in [0.25, 0.3) is 5.82 Å².